The third-order valence-corrected chi connectivity index (χ3v) is 2.15. The number of aliphatic hydroxyl groups excluding tert-OH is 1. The lowest BCUT2D eigenvalue weighted by molar-refractivity contribution is -0.151. The van der Waals surface area contributed by atoms with Gasteiger partial charge in [-0.3, -0.25) is 0 Å². The summed E-state index contributed by atoms with van der Waals surface area (Å²) in [5.41, 5.74) is 5.58. The highest BCUT2D eigenvalue weighted by atomic mass is 16.5. The van der Waals surface area contributed by atoms with Gasteiger partial charge in [-0.2, -0.15) is 0 Å². The first-order valence-electron chi connectivity index (χ1n) is 4.16. The van der Waals surface area contributed by atoms with Crippen molar-refractivity contribution in [3.05, 3.63) is 0 Å². The predicted molar refractivity (Wildman–Crippen MR) is 43.3 cm³/mol. The molecule has 0 saturated heterocycles. The number of aliphatic hydroxyl groups is 1. The zero-order valence-corrected chi connectivity index (χ0v) is 7.19. The molecule has 1 unspecified atom stereocenters. The van der Waals surface area contributed by atoms with Crippen LogP contribution in [0.3, 0.4) is 0 Å². The highest BCUT2D eigenvalue weighted by Gasteiger charge is 2.30. The summed E-state index contributed by atoms with van der Waals surface area (Å²) in [6.07, 6.45) is 1.90. The molecule has 0 bridgehead atoms. The van der Waals surface area contributed by atoms with Gasteiger partial charge in [-0.05, 0) is 12.3 Å². The molecule has 70 valence electrons. The first kappa shape index (κ1) is 9.48. The molecule has 4 heteroatoms. The lowest BCUT2D eigenvalue weighted by atomic mass is 10.1. The van der Waals surface area contributed by atoms with Crippen molar-refractivity contribution < 1.29 is 14.6 Å². The molecule has 1 rings (SSSR count). The molecule has 4 nitrogen and oxygen atoms in total. The fourth-order valence-corrected chi connectivity index (χ4v) is 1.16. The number of rotatable bonds is 4. The third kappa shape index (κ3) is 2.46. The largest absolute Gasteiger partial charge is 0.467 e. The Hall–Kier alpha value is -0.610. The Morgan fingerprint density at radius 1 is 1.75 bits per heavy atom. The summed E-state index contributed by atoms with van der Waals surface area (Å²) in [4.78, 5) is 10.8. The molecule has 1 aliphatic carbocycles. The molecule has 1 aliphatic rings. The minimum absolute atomic E-state index is 0.468. The van der Waals surface area contributed by atoms with Crippen LogP contribution in [0.4, 0.5) is 0 Å². The van der Waals surface area contributed by atoms with Crippen molar-refractivity contribution in [2.45, 2.75) is 31.4 Å². The minimum Gasteiger partial charge on any atom is -0.467 e. The number of ether oxygens (including phenoxy) is 1. The molecular formula is C8H15NO3. The monoisotopic (exact) mass is 173 g/mol. The maximum Gasteiger partial charge on any atom is 0.336 e. The lowest BCUT2D eigenvalue weighted by Crippen LogP contribution is -2.41. The van der Waals surface area contributed by atoms with Crippen molar-refractivity contribution >= 4 is 5.97 Å². The van der Waals surface area contributed by atoms with E-state index < -0.39 is 18.1 Å². The molecule has 3 N–H and O–H groups in total. The van der Waals surface area contributed by atoms with Crippen molar-refractivity contribution in [3.63, 3.8) is 0 Å². The summed E-state index contributed by atoms with van der Waals surface area (Å²) in [5, 5.41) is 9.26. The van der Waals surface area contributed by atoms with Gasteiger partial charge in [0.1, 0.15) is 0 Å². The fraction of sp³-hybridized carbons (Fsp3) is 0.875. The van der Waals surface area contributed by atoms with Gasteiger partial charge in [0.15, 0.2) is 6.10 Å². The molecule has 12 heavy (non-hydrogen) atoms. The van der Waals surface area contributed by atoms with Gasteiger partial charge in [-0.1, -0.05) is 12.8 Å². The van der Waals surface area contributed by atoms with Gasteiger partial charge in [0, 0.05) is 6.04 Å². The second-order valence-corrected chi connectivity index (χ2v) is 3.31. The van der Waals surface area contributed by atoms with E-state index in [9.17, 15) is 9.90 Å². The molecule has 0 aromatic rings. The topological polar surface area (TPSA) is 72.5 Å². The molecule has 0 heterocycles. The number of hydrogen-bond donors (Lipinski definition) is 2. The summed E-state index contributed by atoms with van der Waals surface area (Å²) in [7, 11) is 1.25. The van der Waals surface area contributed by atoms with Gasteiger partial charge in [0.05, 0.1) is 7.11 Å². The summed E-state index contributed by atoms with van der Waals surface area (Å²) >= 11 is 0. The number of carbonyl (C=O) groups excluding carboxylic acids is 1. The van der Waals surface area contributed by atoms with Crippen LogP contribution in [0.5, 0.6) is 0 Å². The number of esters is 1. The van der Waals surface area contributed by atoms with Crippen LogP contribution < -0.4 is 5.73 Å². The van der Waals surface area contributed by atoms with E-state index in [1.807, 2.05) is 0 Å². The summed E-state index contributed by atoms with van der Waals surface area (Å²) < 4.78 is 4.37. The quantitative estimate of drug-likeness (QED) is 0.570. The standard InChI is InChI=1S/C8H15NO3/c1-12-8(11)7(10)6(9)4-5-2-3-5/h5-7,10H,2-4,9H2,1H3/t6-,7?/m0/s1. The van der Waals surface area contributed by atoms with Gasteiger partial charge in [0.2, 0.25) is 0 Å². The van der Waals surface area contributed by atoms with Crippen LogP contribution in [-0.2, 0) is 9.53 Å². The summed E-state index contributed by atoms with van der Waals surface area (Å²) in [6.45, 7) is 0. The highest BCUT2D eigenvalue weighted by molar-refractivity contribution is 5.75. The molecule has 1 saturated carbocycles. The Kier molecular flexibility index (Phi) is 3.05. The van der Waals surface area contributed by atoms with E-state index in [-0.39, 0.29) is 0 Å². The van der Waals surface area contributed by atoms with E-state index in [1.54, 1.807) is 0 Å². The summed E-state index contributed by atoms with van der Waals surface area (Å²) in [6, 6.07) is -0.468. The molecular weight excluding hydrogens is 158 g/mol. The SMILES string of the molecule is COC(=O)C(O)[C@@H](N)CC1CC1. The molecule has 0 amide bonds. The third-order valence-electron chi connectivity index (χ3n) is 2.15. The van der Waals surface area contributed by atoms with E-state index in [0.717, 1.165) is 6.42 Å². The fourth-order valence-electron chi connectivity index (χ4n) is 1.16. The zero-order chi connectivity index (χ0) is 9.14. The second-order valence-electron chi connectivity index (χ2n) is 3.31. The average Bonchev–Trinajstić information content (AvgIpc) is 2.85. The lowest BCUT2D eigenvalue weighted by Gasteiger charge is -2.15. The molecule has 0 aromatic heterocycles. The van der Waals surface area contributed by atoms with Gasteiger partial charge < -0.3 is 15.6 Å². The molecule has 2 atom stereocenters. The van der Waals surface area contributed by atoms with E-state index in [0.29, 0.717) is 5.92 Å². The first-order valence-corrected chi connectivity index (χ1v) is 4.16. The van der Waals surface area contributed by atoms with Gasteiger partial charge in [-0.15, -0.1) is 0 Å². The van der Waals surface area contributed by atoms with Crippen molar-refractivity contribution in [1.82, 2.24) is 0 Å². The Labute approximate surface area is 71.7 Å². The molecule has 0 spiro atoms. The van der Waals surface area contributed by atoms with Crippen LogP contribution in [0, 0.1) is 5.92 Å². The molecule has 0 aromatic carbocycles. The number of hydrogen-bond acceptors (Lipinski definition) is 4. The van der Waals surface area contributed by atoms with E-state index >= 15 is 0 Å². The van der Waals surface area contributed by atoms with Crippen LogP contribution in [0.1, 0.15) is 19.3 Å². The van der Waals surface area contributed by atoms with E-state index in [1.165, 1.54) is 20.0 Å². The maximum absolute atomic E-state index is 10.8. The van der Waals surface area contributed by atoms with Crippen LogP contribution in [0.15, 0.2) is 0 Å². The maximum atomic E-state index is 10.8. The van der Waals surface area contributed by atoms with Crippen LogP contribution in [-0.4, -0.2) is 30.3 Å². The Morgan fingerprint density at radius 3 is 2.75 bits per heavy atom. The predicted octanol–water partition coefficient (Wildman–Crippen LogP) is -0.352. The minimum atomic E-state index is -1.16. The molecule has 0 aliphatic heterocycles. The van der Waals surface area contributed by atoms with Crippen molar-refractivity contribution in [2.24, 2.45) is 11.7 Å². The average molecular weight is 173 g/mol. The molecule has 0 radical (unpaired) electrons. The van der Waals surface area contributed by atoms with E-state index in [2.05, 4.69) is 4.74 Å². The zero-order valence-electron chi connectivity index (χ0n) is 7.19. The van der Waals surface area contributed by atoms with Gasteiger partial charge >= 0.3 is 5.97 Å². The van der Waals surface area contributed by atoms with Crippen molar-refractivity contribution in [2.75, 3.05) is 7.11 Å². The van der Waals surface area contributed by atoms with Crippen LogP contribution in [0.25, 0.3) is 0 Å². The number of methoxy groups -OCH3 is 1. The number of carbonyl (C=O) groups is 1. The smallest absolute Gasteiger partial charge is 0.336 e. The first-order chi connectivity index (χ1) is 5.65. The number of nitrogens with two attached hydrogens (primary N) is 1. The van der Waals surface area contributed by atoms with E-state index in [4.69, 9.17) is 5.73 Å². The van der Waals surface area contributed by atoms with Crippen molar-refractivity contribution in [1.29, 1.82) is 0 Å². The Morgan fingerprint density at radius 2 is 2.33 bits per heavy atom. The highest BCUT2D eigenvalue weighted by Crippen LogP contribution is 2.33. The van der Waals surface area contributed by atoms with Crippen LogP contribution >= 0.6 is 0 Å². The second kappa shape index (κ2) is 3.87. The van der Waals surface area contributed by atoms with Gasteiger partial charge in [-0.25, -0.2) is 4.79 Å². The van der Waals surface area contributed by atoms with Crippen molar-refractivity contribution in [3.8, 4) is 0 Å². The Bertz CT molecular complexity index is 168. The summed E-state index contributed by atoms with van der Waals surface area (Å²) in [5.74, 6) is -0.0255. The molecule has 1 fully saturated rings. The van der Waals surface area contributed by atoms with Crippen LogP contribution in [0.2, 0.25) is 0 Å². The normalized spacial score (nSPS) is 21.6. The Balaban J connectivity index is 2.28. The van der Waals surface area contributed by atoms with Gasteiger partial charge in [0.25, 0.3) is 0 Å².